The minimum Gasteiger partial charge on any atom is -0.253 e. The van der Waals surface area contributed by atoms with Crippen LogP contribution in [0.15, 0.2) is 47.6 Å². The van der Waals surface area contributed by atoms with Gasteiger partial charge < -0.3 is 0 Å². The molecular formula is C17H17ClN2O2S3. The van der Waals surface area contributed by atoms with Gasteiger partial charge in [-0.2, -0.15) is 0 Å². The molecule has 0 saturated heterocycles. The monoisotopic (exact) mass is 412 g/mol. The molecule has 1 spiro atoms. The molecule has 0 amide bonds. The van der Waals surface area contributed by atoms with E-state index in [1.54, 1.807) is 17.5 Å². The Balaban J connectivity index is 1.86. The molecule has 1 aromatic carbocycles. The lowest BCUT2D eigenvalue weighted by Gasteiger charge is -2.27. The van der Waals surface area contributed by atoms with E-state index < -0.39 is 15.5 Å². The first-order valence-corrected chi connectivity index (χ1v) is 12.1. The van der Waals surface area contributed by atoms with Crippen molar-refractivity contribution in [3.63, 3.8) is 0 Å². The Kier molecular flexibility index (Phi) is 4.46. The van der Waals surface area contributed by atoms with Gasteiger partial charge >= 0.3 is 0 Å². The molecule has 1 fully saturated rings. The van der Waals surface area contributed by atoms with Crippen molar-refractivity contribution >= 4 is 44.5 Å². The number of hydrogen-bond acceptors (Lipinski definition) is 6. The van der Waals surface area contributed by atoms with E-state index >= 15 is 0 Å². The summed E-state index contributed by atoms with van der Waals surface area (Å²) >= 11 is 9.26. The van der Waals surface area contributed by atoms with Gasteiger partial charge in [-0.25, -0.2) is 8.42 Å². The van der Waals surface area contributed by atoms with E-state index in [1.807, 2.05) is 6.26 Å². The SMILES string of the molecule is CSc1sccc1S(=O)(=O)c1cc(Cl)c2c(c1)=NC1(CCCCC1)N=2. The zero-order valence-electron chi connectivity index (χ0n) is 13.7. The Morgan fingerprint density at radius 2 is 1.96 bits per heavy atom. The van der Waals surface area contributed by atoms with Crippen molar-refractivity contribution < 1.29 is 8.42 Å². The first kappa shape index (κ1) is 17.5. The van der Waals surface area contributed by atoms with Crippen LogP contribution < -0.4 is 10.7 Å². The highest BCUT2D eigenvalue weighted by Crippen LogP contribution is 2.36. The van der Waals surface area contributed by atoms with Gasteiger partial charge in [0.25, 0.3) is 0 Å². The number of thioether (sulfide) groups is 1. The van der Waals surface area contributed by atoms with E-state index in [-0.39, 0.29) is 4.90 Å². The number of thiophene rings is 1. The van der Waals surface area contributed by atoms with E-state index in [2.05, 4.69) is 0 Å². The van der Waals surface area contributed by atoms with E-state index in [9.17, 15) is 8.42 Å². The molecule has 1 aromatic heterocycles. The average Bonchev–Trinajstić information content (AvgIpc) is 3.20. The van der Waals surface area contributed by atoms with Crippen molar-refractivity contribution in [3.05, 3.63) is 39.3 Å². The Bertz CT molecular complexity index is 1050. The second kappa shape index (κ2) is 6.37. The van der Waals surface area contributed by atoms with E-state index in [0.717, 1.165) is 29.9 Å². The zero-order valence-corrected chi connectivity index (χ0v) is 16.9. The summed E-state index contributed by atoms with van der Waals surface area (Å²) in [6.45, 7) is 0. The van der Waals surface area contributed by atoms with Crippen LogP contribution >= 0.6 is 34.7 Å². The average molecular weight is 413 g/mol. The predicted molar refractivity (Wildman–Crippen MR) is 101 cm³/mol. The molecule has 4 rings (SSSR count). The summed E-state index contributed by atoms with van der Waals surface area (Å²) in [6.07, 6.45) is 7.07. The fraction of sp³-hybridized carbons (Fsp3) is 0.412. The molecular weight excluding hydrogens is 396 g/mol. The Labute approximate surface area is 160 Å². The van der Waals surface area contributed by atoms with Crippen LogP contribution in [0.2, 0.25) is 5.02 Å². The maximum absolute atomic E-state index is 13.1. The summed E-state index contributed by atoms with van der Waals surface area (Å²) in [7, 11) is -3.62. The minimum absolute atomic E-state index is 0.191. The summed E-state index contributed by atoms with van der Waals surface area (Å²) in [5.74, 6) is 0. The van der Waals surface area contributed by atoms with Gasteiger partial charge in [0.2, 0.25) is 9.84 Å². The van der Waals surface area contributed by atoms with Crippen molar-refractivity contribution in [2.24, 2.45) is 9.98 Å². The van der Waals surface area contributed by atoms with Crippen molar-refractivity contribution in [2.75, 3.05) is 6.26 Å². The molecule has 0 N–H and O–H groups in total. The number of rotatable bonds is 3. The van der Waals surface area contributed by atoms with Crippen LogP contribution in [0.1, 0.15) is 32.1 Å². The molecule has 0 unspecified atom stereocenters. The van der Waals surface area contributed by atoms with E-state index in [4.69, 9.17) is 21.6 Å². The summed E-state index contributed by atoms with van der Waals surface area (Å²) in [6, 6.07) is 4.79. The van der Waals surface area contributed by atoms with E-state index in [1.165, 1.54) is 35.6 Å². The van der Waals surface area contributed by atoms with Crippen LogP contribution in [0.4, 0.5) is 0 Å². The second-order valence-corrected chi connectivity index (χ2v) is 10.6. The van der Waals surface area contributed by atoms with Crippen LogP contribution in [-0.2, 0) is 9.84 Å². The number of hydrogen-bond donors (Lipinski definition) is 0. The largest absolute Gasteiger partial charge is 0.253 e. The number of nitrogens with zero attached hydrogens (tertiary/aromatic N) is 2. The summed E-state index contributed by atoms with van der Waals surface area (Å²) < 4.78 is 26.9. The van der Waals surface area contributed by atoms with Gasteiger partial charge in [0.1, 0.15) is 5.36 Å². The van der Waals surface area contributed by atoms with Crippen LogP contribution in [0.5, 0.6) is 0 Å². The lowest BCUT2D eigenvalue weighted by molar-refractivity contribution is 0.309. The van der Waals surface area contributed by atoms with Gasteiger partial charge in [0, 0.05) is 0 Å². The molecule has 2 heterocycles. The highest BCUT2D eigenvalue weighted by molar-refractivity contribution is 8.01. The van der Waals surface area contributed by atoms with Gasteiger partial charge in [-0.05, 0) is 55.5 Å². The smallest absolute Gasteiger partial charge is 0.208 e. The Hall–Kier alpha value is -0.890. The van der Waals surface area contributed by atoms with Crippen LogP contribution in [0, 0.1) is 0 Å². The number of fused-ring (bicyclic) bond motifs is 1. The van der Waals surface area contributed by atoms with Crippen molar-refractivity contribution in [1.82, 2.24) is 0 Å². The minimum atomic E-state index is -3.62. The molecule has 25 heavy (non-hydrogen) atoms. The van der Waals surface area contributed by atoms with Gasteiger partial charge in [-0.15, -0.1) is 23.1 Å². The lowest BCUT2D eigenvalue weighted by atomic mass is 9.90. The van der Waals surface area contributed by atoms with Gasteiger partial charge in [0.05, 0.1) is 24.4 Å². The normalized spacial score (nSPS) is 18.6. The summed E-state index contributed by atoms with van der Waals surface area (Å²) in [4.78, 5) is 10.1. The predicted octanol–water partition coefficient (Wildman–Crippen LogP) is 3.87. The molecule has 1 saturated carbocycles. The van der Waals surface area contributed by atoms with Crippen molar-refractivity contribution in [2.45, 2.75) is 51.8 Å². The molecule has 0 bridgehead atoms. The molecule has 0 radical (unpaired) electrons. The van der Waals surface area contributed by atoms with Crippen LogP contribution in [0.3, 0.4) is 0 Å². The lowest BCUT2D eigenvalue weighted by Crippen LogP contribution is -2.26. The first-order chi connectivity index (χ1) is 12.0. The number of benzene rings is 1. The molecule has 1 aliphatic carbocycles. The molecule has 4 nitrogen and oxygen atoms in total. The number of sulfone groups is 1. The third-order valence-electron chi connectivity index (χ3n) is 4.70. The quantitative estimate of drug-likeness (QED) is 0.719. The molecule has 2 aliphatic rings. The third-order valence-corrected chi connectivity index (χ3v) is 9.11. The van der Waals surface area contributed by atoms with Gasteiger partial charge in [0.15, 0.2) is 5.66 Å². The highest BCUT2D eigenvalue weighted by atomic mass is 35.5. The fourth-order valence-corrected chi connectivity index (χ4v) is 7.52. The van der Waals surface area contributed by atoms with Gasteiger partial charge in [-0.3, -0.25) is 9.98 Å². The van der Waals surface area contributed by atoms with Crippen LogP contribution in [-0.4, -0.2) is 20.3 Å². The standard InChI is InChI=1S/C17H17ClN2O2S3/c1-23-16-14(5-8-24-16)25(21,22)11-9-12(18)15-13(10-11)19-17(20-15)6-3-2-4-7-17/h5,8-10H,2-4,6-7H2,1H3. The van der Waals surface area contributed by atoms with Crippen molar-refractivity contribution in [3.8, 4) is 0 Å². The molecule has 1 aliphatic heterocycles. The van der Waals surface area contributed by atoms with Crippen molar-refractivity contribution in [1.29, 1.82) is 0 Å². The van der Waals surface area contributed by atoms with E-state index in [0.29, 0.717) is 20.6 Å². The second-order valence-electron chi connectivity index (χ2n) is 6.32. The molecule has 0 atom stereocenters. The Morgan fingerprint density at radius 1 is 1.20 bits per heavy atom. The highest BCUT2D eigenvalue weighted by Gasteiger charge is 2.34. The molecule has 8 heteroatoms. The molecule has 2 aromatic rings. The summed E-state index contributed by atoms with van der Waals surface area (Å²) in [5.41, 5.74) is -0.431. The maximum atomic E-state index is 13.1. The van der Waals surface area contributed by atoms with Crippen LogP contribution in [0.25, 0.3) is 0 Å². The fourth-order valence-electron chi connectivity index (χ4n) is 3.47. The zero-order chi connectivity index (χ0) is 17.7. The maximum Gasteiger partial charge on any atom is 0.208 e. The Morgan fingerprint density at radius 3 is 2.68 bits per heavy atom. The third kappa shape index (κ3) is 2.95. The molecule has 132 valence electrons. The number of halogens is 1. The summed E-state index contributed by atoms with van der Waals surface area (Å²) in [5, 5.41) is 3.40. The van der Waals surface area contributed by atoms with Gasteiger partial charge in [-0.1, -0.05) is 18.0 Å². The topological polar surface area (TPSA) is 58.9 Å². The first-order valence-electron chi connectivity index (χ1n) is 8.11.